The number of benzene rings is 2. The molecule has 3 rings (SSSR count). The second kappa shape index (κ2) is 4.94. The zero-order valence-corrected chi connectivity index (χ0v) is 10.7. The molecular weight excluding hydrogens is 270 g/mol. The Labute approximate surface area is 119 Å². The highest BCUT2D eigenvalue weighted by atomic mass is 16.6. The number of aromatic amines is 1. The van der Waals surface area contributed by atoms with Gasteiger partial charge in [0.2, 0.25) is 5.95 Å². The third-order valence-electron chi connectivity index (χ3n) is 2.93. The summed E-state index contributed by atoms with van der Waals surface area (Å²) in [5, 5.41) is 22.6. The lowest BCUT2D eigenvalue weighted by Crippen LogP contribution is -1.94. The van der Waals surface area contributed by atoms with Gasteiger partial charge in [-0.3, -0.25) is 10.1 Å². The molecule has 3 aromatic rings. The highest BCUT2D eigenvalue weighted by molar-refractivity contribution is 5.79. The van der Waals surface area contributed by atoms with E-state index in [0.717, 1.165) is 5.52 Å². The smallest absolute Gasteiger partial charge is 0.271 e. The Morgan fingerprint density at radius 2 is 2.14 bits per heavy atom. The number of hydrogen-bond donors (Lipinski definition) is 2. The van der Waals surface area contributed by atoms with Crippen LogP contribution in [0.2, 0.25) is 0 Å². The summed E-state index contributed by atoms with van der Waals surface area (Å²) in [6.07, 6.45) is 0. The first-order valence-corrected chi connectivity index (χ1v) is 6.07. The molecule has 0 saturated heterocycles. The van der Waals surface area contributed by atoms with E-state index in [9.17, 15) is 10.1 Å². The number of nitriles is 1. The minimum absolute atomic E-state index is 0.00266. The predicted molar refractivity (Wildman–Crippen MR) is 77.2 cm³/mol. The molecule has 7 heteroatoms. The van der Waals surface area contributed by atoms with Crippen LogP contribution in [-0.2, 0) is 0 Å². The molecule has 0 aliphatic heterocycles. The standard InChI is InChI=1S/C14H9N5O2/c15-8-9-4-5-12-13(6-9)18-14(17-12)16-10-2-1-3-11(7-10)19(20)21/h1-7H,(H2,16,17,18). The van der Waals surface area contributed by atoms with Crippen molar-refractivity contribution in [3.63, 3.8) is 0 Å². The molecule has 0 amide bonds. The van der Waals surface area contributed by atoms with E-state index >= 15 is 0 Å². The summed E-state index contributed by atoms with van der Waals surface area (Å²) >= 11 is 0. The third-order valence-corrected chi connectivity index (χ3v) is 2.93. The molecule has 0 fully saturated rings. The topological polar surface area (TPSA) is 108 Å². The maximum atomic E-state index is 10.7. The van der Waals surface area contributed by atoms with Gasteiger partial charge in [-0.05, 0) is 24.3 Å². The molecule has 0 saturated carbocycles. The maximum absolute atomic E-state index is 10.7. The Morgan fingerprint density at radius 3 is 2.90 bits per heavy atom. The van der Waals surface area contributed by atoms with E-state index < -0.39 is 4.92 Å². The predicted octanol–water partition coefficient (Wildman–Crippen LogP) is 3.09. The number of nitro benzene ring substituents is 1. The average molecular weight is 279 g/mol. The second-order valence-electron chi connectivity index (χ2n) is 4.36. The average Bonchev–Trinajstić information content (AvgIpc) is 2.88. The largest absolute Gasteiger partial charge is 0.326 e. The van der Waals surface area contributed by atoms with Gasteiger partial charge in [-0.2, -0.15) is 5.26 Å². The fourth-order valence-electron chi connectivity index (χ4n) is 1.97. The van der Waals surface area contributed by atoms with Crippen molar-refractivity contribution in [2.24, 2.45) is 0 Å². The van der Waals surface area contributed by atoms with Crippen molar-refractivity contribution in [1.29, 1.82) is 5.26 Å². The van der Waals surface area contributed by atoms with E-state index in [-0.39, 0.29) is 5.69 Å². The van der Waals surface area contributed by atoms with Crippen LogP contribution in [0, 0.1) is 21.4 Å². The van der Waals surface area contributed by atoms with Crippen LogP contribution in [0.3, 0.4) is 0 Å². The molecule has 1 aromatic heterocycles. The van der Waals surface area contributed by atoms with Crippen LogP contribution >= 0.6 is 0 Å². The van der Waals surface area contributed by atoms with Crippen molar-refractivity contribution in [2.75, 3.05) is 5.32 Å². The van der Waals surface area contributed by atoms with E-state index in [1.807, 2.05) is 0 Å². The van der Waals surface area contributed by atoms with Crippen LogP contribution in [-0.4, -0.2) is 14.9 Å². The highest BCUT2D eigenvalue weighted by Crippen LogP contribution is 2.22. The summed E-state index contributed by atoms with van der Waals surface area (Å²) in [7, 11) is 0. The fourth-order valence-corrected chi connectivity index (χ4v) is 1.97. The minimum atomic E-state index is -0.455. The number of non-ortho nitro benzene ring substituents is 1. The van der Waals surface area contributed by atoms with Crippen LogP contribution in [0.25, 0.3) is 11.0 Å². The first-order chi connectivity index (χ1) is 10.2. The number of aromatic nitrogens is 2. The lowest BCUT2D eigenvalue weighted by Gasteiger charge is -2.01. The van der Waals surface area contributed by atoms with Gasteiger partial charge in [-0.25, -0.2) is 4.98 Å². The van der Waals surface area contributed by atoms with Gasteiger partial charge >= 0.3 is 0 Å². The van der Waals surface area contributed by atoms with Crippen molar-refractivity contribution < 1.29 is 4.92 Å². The SMILES string of the molecule is N#Cc1ccc2nc(Nc3cccc([N+](=O)[O-])c3)[nH]c2c1. The summed E-state index contributed by atoms with van der Waals surface area (Å²) in [5.74, 6) is 0.459. The van der Waals surface area contributed by atoms with Crippen molar-refractivity contribution in [3.05, 3.63) is 58.1 Å². The summed E-state index contributed by atoms with van der Waals surface area (Å²) in [5.41, 5.74) is 2.53. The summed E-state index contributed by atoms with van der Waals surface area (Å²) in [4.78, 5) is 17.6. The molecule has 2 aromatic carbocycles. The van der Waals surface area contributed by atoms with Gasteiger partial charge in [0.25, 0.3) is 5.69 Å². The van der Waals surface area contributed by atoms with Crippen molar-refractivity contribution in [3.8, 4) is 6.07 Å². The van der Waals surface area contributed by atoms with Gasteiger partial charge in [-0.15, -0.1) is 0 Å². The molecule has 0 bridgehead atoms. The van der Waals surface area contributed by atoms with Crippen LogP contribution < -0.4 is 5.32 Å². The molecule has 0 aliphatic carbocycles. The summed E-state index contributed by atoms with van der Waals surface area (Å²) < 4.78 is 0. The molecule has 21 heavy (non-hydrogen) atoms. The van der Waals surface area contributed by atoms with Crippen LogP contribution in [0.15, 0.2) is 42.5 Å². The van der Waals surface area contributed by atoms with Crippen molar-refractivity contribution >= 4 is 28.4 Å². The number of nitrogens with zero attached hydrogens (tertiary/aromatic N) is 3. The number of H-pyrrole nitrogens is 1. The Balaban J connectivity index is 1.93. The van der Waals surface area contributed by atoms with Gasteiger partial charge in [0.15, 0.2) is 0 Å². The highest BCUT2D eigenvalue weighted by Gasteiger charge is 2.08. The zero-order chi connectivity index (χ0) is 14.8. The Morgan fingerprint density at radius 1 is 1.29 bits per heavy atom. The number of anilines is 2. The summed E-state index contributed by atoms with van der Waals surface area (Å²) in [6.45, 7) is 0. The van der Waals surface area contributed by atoms with Gasteiger partial charge < -0.3 is 10.3 Å². The molecule has 2 N–H and O–H groups in total. The number of rotatable bonds is 3. The molecule has 0 spiro atoms. The molecular formula is C14H9N5O2. The maximum Gasteiger partial charge on any atom is 0.271 e. The molecule has 0 unspecified atom stereocenters. The van der Waals surface area contributed by atoms with Gasteiger partial charge in [0.05, 0.1) is 27.6 Å². The molecule has 7 nitrogen and oxygen atoms in total. The van der Waals surface area contributed by atoms with E-state index in [1.165, 1.54) is 12.1 Å². The van der Waals surface area contributed by atoms with Gasteiger partial charge in [-0.1, -0.05) is 6.07 Å². The van der Waals surface area contributed by atoms with Crippen molar-refractivity contribution in [2.45, 2.75) is 0 Å². The Hall–Kier alpha value is -3.40. The molecule has 0 atom stereocenters. The van der Waals surface area contributed by atoms with Crippen LogP contribution in [0.1, 0.15) is 5.56 Å². The molecule has 0 radical (unpaired) electrons. The first-order valence-electron chi connectivity index (χ1n) is 6.07. The third kappa shape index (κ3) is 2.50. The number of imidazole rings is 1. The molecule has 1 heterocycles. The van der Waals surface area contributed by atoms with E-state index in [2.05, 4.69) is 21.4 Å². The van der Waals surface area contributed by atoms with Gasteiger partial charge in [0.1, 0.15) is 0 Å². The fraction of sp³-hybridized carbons (Fsp3) is 0. The van der Waals surface area contributed by atoms with Gasteiger partial charge in [0, 0.05) is 17.8 Å². The monoisotopic (exact) mass is 279 g/mol. The van der Waals surface area contributed by atoms with E-state index in [1.54, 1.807) is 30.3 Å². The number of hydrogen-bond acceptors (Lipinski definition) is 5. The lowest BCUT2D eigenvalue weighted by atomic mass is 10.2. The lowest BCUT2D eigenvalue weighted by molar-refractivity contribution is -0.384. The Bertz CT molecular complexity index is 878. The molecule has 102 valence electrons. The van der Waals surface area contributed by atoms with Crippen molar-refractivity contribution in [1.82, 2.24) is 9.97 Å². The number of fused-ring (bicyclic) bond motifs is 1. The van der Waals surface area contributed by atoms with E-state index in [0.29, 0.717) is 22.7 Å². The minimum Gasteiger partial charge on any atom is -0.326 e. The van der Waals surface area contributed by atoms with Crippen LogP contribution in [0.4, 0.5) is 17.3 Å². The normalized spacial score (nSPS) is 10.2. The van der Waals surface area contributed by atoms with Crippen LogP contribution in [0.5, 0.6) is 0 Å². The summed E-state index contributed by atoms with van der Waals surface area (Å²) in [6, 6.07) is 13.3. The number of nitro groups is 1. The zero-order valence-electron chi connectivity index (χ0n) is 10.7. The number of nitrogens with one attached hydrogen (secondary N) is 2. The molecule has 0 aliphatic rings. The quantitative estimate of drug-likeness (QED) is 0.565. The Kier molecular flexibility index (Phi) is 2.97. The second-order valence-corrected chi connectivity index (χ2v) is 4.36. The first kappa shape index (κ1) is 12.6. The van der Waals surface area contributed by atoms with E-state index in [4.69, 9.17) is 5.26 Å².